The molecule has 1 heterocycles. The molecule has 1 aliphatic rings. The number of rotatable bonds is 3. The zero-order valence-corrected chi connectivity index (χ0v) is 11.0. The topological polar surface area (TPSA) is 95.5 Å². The van der Waals surface area contributed by atoms with Crippen LogP contribution in [-0.2, 0) is 4.79 Å². The third kappa shape index (κ3) is 3.18. The molecule has 1 aromatic rings. The van der Waals surface area contributed by atoms with Crippen molar-refractivity contribution in [3.8, 4) is 0 Å². The van der Waals surface area contributed by atoms with Crippen LogP contribution in [0.1, 0.15) is 10.4 Å². The molecule has 1 atom stereocenters. The van der Waals surface area contributed by atoms with Gasteiger partial charge in [-0.25, -0.2) is 4.79 Å². The van der Waals surface area contributed by atoms with Crippen molar-refractivity contribution in [3.63, 3.8) is 0 Å². The minimum absolute atomic E-state index is 0.0349. The molecule has 1 aliphatic heterocycles. The smallest absolute Gasteiger partial charge is 0.335 e. The summed E-state index contributed by atoms with van der Waals surface area (Å²) in [7, 11) is 0. The number of hydrogen-bond acceptors (Lipinski definition) is 4. The van der Waals surface area contributed by atoms with Gasteiger partial charge in [-0.05, 0) is 18.2 Å². The van der Waals surface area contributed by atoms with Crippen LogP contribution in [0.15, 0.2) is 18.2 Å². The van der Waals surface area contributed by atoms with E-state index >= 15 is 0 Å². The van der Waals surface area contributed by atoms with Crippen molar-refractivity contribution in [2.75, 3.05) is 11.1 Å². The van der Waals surface area contributed by atoms with E-state index in [0.29, 0.717) is 11.4 Å². The van der Waals surface area contributed by atoms with E-state index in [1.165, 1.54) is 18.2 Å². The van der Waals surface area contributed by atoms with Crippen molar-refractivity contribution in [2.24, 2.45) is 0 Å². The van der Waals surface area contributed by atoms with E-state index in [-0.39, 0.29) is 21.7 Å². The highest BCUT2D eigenvalue weighted by Crippen LogP contribution is 2.24. The number of thioether (sulfide) groups is 1. The Kier molecular flexibility index (Phi) is 3.96. The molecule has 100 valence electrons. The molecule has 0 saturated carbocycles. The number of aromatic carboxylic acids is 1. The molecule has 1 saturated heterocycles. The van der Waals surface area contributed by atoms with Gasteiger partial charge in [0, 0.05) is 5.75 Å². The van der Waals surface area contributed by atoms with E-state index in [1.54, 1.807) is 0 Å². The Bertz CT molecular complexity index is 564. The minimum atomic E-state index is -1.10. The van der Waals surface area contributed by atoms with Crippen LogP contribution in [0.25, 0.3) is 0 Å². The number of carbonyl (C=O) groups is 3. The predicted molar refractivity (Wildman–Crippen MR) is 71.8 cm³/mol. The highest BCUT2D eigenvalue weighted by molar-refractivity contribution is 8.14. The molecule has 3 N–H and O–H groups in total. The summed E-state index contributed by atoms with van der Waals surface area (Å²) in [4.78, 5) is 33.5. The summed E-state index contributed by atoms with van der Waals surface area (Å²) in [5.74, 6) is -1.13. The summed E-state index contributed by atoms with van der Waals surface area (Å²) in [6.45, 7) is 0. The monoisotopic (exact) mass is 300 g/mol. The van der Waals surface area contributed by atoms with Crippen LogP contribution in [0.5, 0.6) is 0 Å². The van der Waals surface area contributed by atoms with Gasteiger partial charge in [-0.2, -0.15) is 0 Å². The lowest BCUT2D eigenvalue weighted by Crippen LogP contribution is -2.38. The molecular weight excluding hydrogens is 292 g/mol. The van der Waals surface area contributed by atoms with Crippen molar-refractivity contribution >= 4 is 46.2 Å². The first-order valence-electron chi connectivity index (χ1n) is 5.24. The third-order valence-electron chi connectivity index (χ3n) is 2.46. The molecule has 0 bridgehead atoms. The molecule has 2 amide bonds. The van der Waals surface area contributed by atoms with Crippen LogP contribution >= 0.6 is 23.4 Å². The summed E-state index contributed by atoms with van der Waals surface area (Å²) in [6, 6.07) is 3.40. The fraction of sp³-hybridized carbons (Fsp3) is 0.182. The number of amides is 2. The van der Waals surface area contributed by atoms with Crippen LogP contribution in [0.2, 0.25) is 5.02 Å². The summed E-state index contributed by atoms with van der Waals surface area (Å²) >= 11 is 6.92. The Morgan fingerprint density at radius 1 is 1.47 bits per heavy atom. The van der Waals surface area contributed by atoms with Gasteiger partial charge in [0.1, 0.15) is 6.04 Å². The van der Waals surface area contributed by atoms with Crippen molar-refractivity contribution in [3.05, 3.63) is 28.8 Å². The van der Waals surface area contributed by atoms with Crippen LogP contribution in [-0.4, -0.2) is 34.0 Å². The number of nitrogens with one attached hydrogen (secondary N) is 2. The second-order valence-electron chi connectivity index (χ2n) is 3.78. The average molecular weight is 301 g/mol. The van der Waals surface area contributed by atoms with Gasteiger partial charge in [-0.3, -0.25) is 9.59 Å². The van der Waals surface area contributed by atoms with Gasteiger partial charge < -0.3 is 15.7 Å². The van der Waals surface area contributed by atoms with E-state index in [0.717, 1.165) is 11.8 Å². The maximum absolute atomic E-state index is 11.8. The molecule has 0 aliphatic carbocycles. The SMILES string of the molecule is O=C1NC(C(=O)Nc2ccc(C(=O)O)cc2Cl)CS1. The fourth-order valence-corrected chi connectivity index (χ4v) is 2.50. The first kappa shape index (κ1) is 13.7. The first-order valence-corrected chi connectivity index (χ1v) is 6.60. The molecule has 6 nitrogen and oxygen atoms in total. The lowest BCUT2D eigenvalue weighted by molar-refractivity contribution is -0.117. The molecule has 1 aromatic carbocycles. The normalized spacial score (nSPS) is 17.9. The number of benzene rings is 1. The van der Waals surface area contributed by atoms with Crippen molar-refractivity contribution in [2.45, 2.75) is 6.04 Å². The Hall–Kier alpha value is -1.73. The maximum atomic E-state index is 11.8. The van der Waals surface area contributed by atoms with Gasteiger partial charge in [0.05, 0.1) is 16.3 Å². The summed E-state index contributed by atoms with van der Waals surface area (Å²) in [5.41, 5.74) is 0.343. The minimum Gasteiger partial charge on any atom is -0.478 e. The van der Waals surface area contributed by atoms with E-state index in [4.69, 9.17) is 16.7 Å². The fourth-order valence-electron chi connectivity index (χ4n) is 1.50. The second kappa shape index (κ2) is 5.50. The molecule has 19 heavy (non-hydrogen) atoms. The van der Waals surface area contributed by atoms with Crippen LogP contribution in [0, 0.1) is 0 Å². The van der Waals surface area contributed by atoms with Gasteiger partial charge in [0.25, 0.3) is 5.24 Å². The number of halogens is 1. The molecule has 0 spiro atoms. The lowest BCUT2D eigenvalue weighted by atomic mass is 10.2. The Balaban J connectivity index is 2.09. The Morgan fingerprint density at radius 2 is 2.21 bits per heavy atom. The number of anilines is 1. The highest BCUT2D eigenvalue weighted by Gasteiger charge is 2.28. The number of carbonyl (C=O) groups excluding carboxylic acids is 2. The van der Waals surface area contributed by atoms with Crippen molar-refractivity contribution in [1.29, 1.82) is 0 Å². The lowest BCUT2D eigenvalue weighted by Gasteiger charge is -2.11. The molecule has 1 unspecified atom stereocenters. The predicted octanol–water partition coefficient (Wildman–Crippen LogP) is 1.80. The standard InChI is InChI=1S/C11H9ClN2O4S/c12-6-3-5(10(16)17)1-2-7(6)13-9(15)8-4-19-11(18)14-8/h1-3,8H,4H2,(H,13,15)(H,14,18)(H,16,17). The molecule has 2 rings (SSSR count). The second-order valence-corrected chi connectivity index (χ2v) is 5.18. The number of carboxylic acids is 1. The Morgan fingerprint density at radius 3 is 2.74 bits per heavy atom. The highest BCUT2D eigenvalue weighted by atomic mass is 35.5. The number of carboxylic acid groups (broad SMARTS) is 1. The maximum Gasteiger partial charge on any atom is 0.335 e. The van der Waals surface area contributed by atoms with Crippen LogP contribution in [0.4, 0.5) is 10.5 Å². The van der Waals surface area contributed by atoms with Gasteiger partial charge in [-0.1, -0.05) is 23.4 Å². The summed E-state index contributed by atoms with van der Waals surface area (Å²) < 4.78 is 0. The average Bonchev–Trinajstić information content (AvgIpc) is 2.78. The van der Waals surface area contributed by atoms with E-state index in [1.807, 2.05) is 0 Å². The number of hydrogen-bond donors (Lipinski definition) is 3. The summed E-state index contributed by atoms with van der Waals surface area (Å²) in [6.07, 6.45) is 0. The van der Waals surface area contributed by atoms with Crippen LogP contribution < -0.4 is 10.6 Å². The molecular formula is C11H9ClN2O4S. The van der Waals surface area contributed by atoms with Crippen LogP contribution in [0.3, 0.4) is 0 Å². The molecule has 1 fully saturated rings. The Labute approximate surface area is 117 Å². The van der Waals surface area contributed by atoms with Gasteiger partial charge in [0.15, 0.2) is 0 Å². The third-order valence-corrected chi connectivity index (χ3v) is 3.66. The molecule has 0 radical (unpaired) electrons. The van der Waals surface area contributed by atoms with E-state index in [9.17, 15) is 14.4 Å². The van der Waals surface area contributed by atoms with E-state index < -0.39 is 12.0 Å². The molecule has 0 aromatic heterocycles. The van der Waals surface area contributed by atoms with Crippen molar-refractivity contribution in [1.82, 2.24) is 5.32 Å². The molecule has 8 heteroatoms. The van der Waals surface area contributed by atoms with E-state index in [2.05, 4.69) is 10.6 Å². The van der Waals surface area contributed by atoms with Gasteiger partial charge >= 0.3 is 5.97 Å². The van der Waals surface area contributed by atoms with Gasteiger partial charge in [-0.15, -0.1) is 0 Å². The quantitative estimate of drug-likeness (QED) is 0.791. The zero-order valence-electron chi connectivity index (χ0n) is 9.47. The largest absolute Gasteiger partial charge is 0.478 e. The van der Waals surface area contributed by atoms with Gasteiger partial charge in [0.2, 0.25) is 5.91 Å². The summed E-state index contributed by atoms with van der Waals surface area (Å²) in [5, 5.41) is 13.7. The van der Waals surface area contributed by atoms with Crippen molar-refractivity contribution < 1.29 is 19.5 Å². The zero-order chi connectivity index (χ0) is 14.0. The first-order chi connectivity index (χ1) is 8.97.